The van der Waals surface area contributed by atoms with Gasteiger partial charge in [-0.2, -0.15) is 0 Å². The van der Waals surface area contributed by atoms with Gasteiger partial charge < -0.3 is 19.6 Å². The van der Waals surface area contributed by atoms with Crippen LogP contribution in [0, 0.1) is 5.92 Å². The zero-order chi connectivity index (χ0) is 24.0. The number of hydrogen-bond acceptors (Lipinski definition) is 7. The van der Waals surface area contributed by atoms with Gasteiger partial charge in [-0.3, -0.25) is 9.52 Å². The lowest BCUT2D eigenvalue weighted by molar-refractivity contribution is 0.0999. The highest BCUT2D eigenvalue weighted by Crippen LogP contribution is 2.41. The van der Waals surface area contributed by atoms with Crippen LogP contribution in [0.4, 0.5) is 17.2 Å². The van der Waals surface area contributed by atoms with Crippen molar-refractivity contribution in [2.45, 2.75) is 17.7 Å². The fourth-order valence-corrected chi connectivity index (χ4v) is 5.92. The number of sulfonamides is 1. The van der Waals surface area contributed by atoms with Crippen LogP contribution in [0.5, 0.6) is 5.75 Å². The van der Waals surface area contributed by atoms with Crippen molar-refractivity contribution in [3.8, 4) is 5.75 Å². The Kier molecular flexibility index (Phi) is 5.57. The molecule has 2 aliphatic rings. The lowest BCUT2D eigenvalue weighted by Crippen LogP contribution is -2.35. The summed E-state index contributed by atoms with van der Waals surface area (Å²) in [6.07, 6.45) is 1.65. The fraction of sp³-hybridized carbons (Fsp3) is 0.333. The number of nitrogens with zero attached hydrogens (tertiary/aromatic N) is 3. The van der Waals surface area contributed by atoms with E-state index in [9.17, 15) is 18.3 Å². The number of amides is 1. The molecule has 9 nitrogen and oxygen atoms in total. The number of piperidine rings is 1. The van der Waals surface area contributed by atoms with E-state index in [1.54, 1.807) is 48.3 Å². The van der Waals surface area contributed by atoms with Gasteiger partial charge in [-0.1, -0.05) is 12.1 Å². The van der Waals surface area contributed by atoms with Crippen LogP contribution >= 0.6 is 0 Å². The predicted molar refractivity (Wildman–Crippen MR) is 130 cm³/mol. The van der Waals surface area contributed by atoms with Crippen molar-refractivity contribution >= 4 is 44.0 Å². The van der Waals surface area contributed by atoms with E-state index in [0.717, 1.165) is 12.8 Å². The number of aliphatic hydroxyl groups is 1. The minimum absolute atomic E-state index is 0.0141. The number of methoxy groups -OCH3 is 1. The molecule has 178 valence electrons. The van der Waals surface area contributed by atoms with Gasteiger partial charge in [-0.15, -0.1) is 0 Å². The topological polar surface area (TPSA) is 112 Å². The Labute approximate surface area is 198 Å². The second-order valence-electron chi connectivity index (χ2n) is 8.62. The Morgan fingerprint density at radius 3 is 2.62 bits per heavy atom. The second-order valence-corrected chi connectivity index (χ2v) is 10.3. The predicted octanol–water partition coefficient (Wildman–Crippen LogP) is 2.84. The summed E-state index contributed by atoms with van der Waals surface area (Å²) in [5.41, 5.74) is 1.90. The van der Waals surface area contributed by atoms with Crippen LogP contribution in [0.15, 0.2) is 47.4 Å². The first-order valence-corrected chi connectivity index (χ1v) is 12.6. The molecule has 10 heteroatoms. The average Bonchev–Trinajstić information content (AvgIpc) is 3.11. The van der Waals surface area contributed by atoms with Gasteiger partial charge in [0.25, 0.3) is 15.9 Å². The largest absolute Gasteiger partial charge is 0.495 e. The Morgan fingerprint density at radius 1 is 1.18 bits per heavy atom. The molecule has 2 aliphatic heterocycles. The average molecular weight is 483 g/mol. The SMILES string of the molecule is COc1ccccc1S(=O)(=O)Nc1ccc2c3c(cc(N4CCC(CO)CC4)nc13)C(=O)N2C. The summed E-state index contributed by atoms with van der Waals surface area (Å²) >= 11 is 0. The number of para-hydroxylation sites is 1. The molecule has 0 bridgehead atoms. The molecule has 2 N–H and O–H groups in total. The Bertz CT molecular complexity index is 1380. The molecule has 3 aromatic rings. The van der Waals surface area contributed by atoms with E-state index in [1.807, 2.05) is 0 Å². The number of aliphatic hydroxyl groups excluding tert-OH is 1. The highest BCUT2D eigenvalue weighted by Gasteiger charge is 2.32. The van der Waals surface area contributed by atoms with Gasteiger partial charge in [-0.05, 0) is 49.1 Å². The van der Waals surface area contributed by atoms with E-state index >= 15 is 0 Å². The molecule has 5 rings (SSSR count). The van der Waals surface area contributed by atoms with Gasteiger partial charge in [0.05, 0.1) is 29.6 Å². The standard InChI is InChI=1S/C24H26N4O5S/c1-27-18-8-7-17(26-34(31,32)20-6-4-3-5-19(20)33-2)23-22(18)16(24(27)30)13-21(25-23)28-11-9-15(14-29)10-12-28/h3-8,13,15,26,29H,9-12,14H2,1-2H3. The maximum atomic E-state index is 13.3. The summed E-state index contributed by atoms with van der Waals surface area (Å²) in [5.74, 6) is 0.960. The Hall–Kier alpha value is -3.37. The second kappa shape index (κ2) is 8.44. The van der Waals surface area contributed by atoms with Crippen molar-refractivity contribution in [3.63, 3.8) is 0 Å². The number of aromatic nitrogens is 1. The smallest absolute Gasteiger partial charge is 0.265 e. The molecule has 0 spiro atoms. The number of nitrogens with one attached hydrogen (secondary N) is 1. The van der Waals surface area contributed by atoms with Gasteiger partial charge in [0.1, 0.15) is 16.5 Å². The van der Waals surface area contributed by atoms with Gasteiger partial charge in [-0.25, -0.2) is 13.4 Å². The maximum absolute atomic E-state index is 13.3. The molecule has 1 fully saturated rings. The van der Waals surface area contributed by atoms with Gasteiger partial charge in [0, 0.05) is 32.1 Å². The van der Waals surface area contributed by atoms with E-state index in [1.165, 1.54) is 13.2 Å². The Balaban J connectivity index is 1.62. The number of carbonyl (C=O) groups excluding carboxylic acids is 1. The molecular weight excluding hydrogens is 456 g/mol. The summed E-state index contributed by atoms with van der Waals surface area (Å²) in [6.45, 7) is 1.57. The highest BCUT2D eigenvalue weighted by molar-refractivity contribution is 7.92. The van der Waals surface area contributed by atoms with Crippen molar-refractivity contribution in [2.24, 2.45) is 5.92 Å². The molecule has 0 aliphatic carbocycles. The maximum Gasteiger partial charge on any atom is 0.265 e. The van der Waals surface area contributed by atoms with Crippen molar-refractivity contribution in [1.82, 2.24) is 4.98 Å². The molecule has 3 heterocycles. The number of hydrogen-bond donors (Lipinski definition) is 2. The summed E-state index contributed by atoms with van der Waals surface area (Å²) in [5, 5.41) is 10.1. The van der Waals surface area contributed by atoms with Crippen molar-refractivity contribution in [1.29, 1.82) is 0 Å². The van der Waals surface area contributed by atoms with Crippen molar-refractivity contribution in [2.75, 3.05) is 48.4 Å². The van der Waals surface area contributed by atoms with Crippen molar-refractivity contribution < 1.29 is 23.1 Å². The summed E-state index contributed by atoms with van der Waals surface area (Å²) < 4.78 is 34.4. The summed E-state index contributed by atoms with van der Waals surface area (Å²) in [6, 6.07) is 11.5. The van der Waals surface area contributed by atoms with Crippen LogP contribution in [0.25, 0.3) is 10.9 Å². The van der Waals surface area contributed by atoms with E-state index in [-0.39, 0.29) is 29.1 Å². The van der Waals surface area contributed by atoms with Crippen LogP contribution in [0.3, 0.4) is 0 Å². The first-order valence-electron chi connectivity index (χ1n) is 11.1. The third-order valence-electron chi connectivity index (χ3n) is 6.62. The van der Waals surface area contributed by atoms with Gasteiger partial charge >= 0.3 is 0 Å². The number of ether oxygens (including phenoxy) is 1. The van der Waals surface area contributed by atoms with Gasteiger partial charge in [0.2, 0.25) is 0 Å². The quantitative estimate of drug-likeness (QED) is 0.556. The third-order valence-corrected chi connectivity index (χ3v) is 8.03. The summed E-state index contributed by atoms with van der Waals surface area (Å²) in [4.78, 5) is 21.5. The molecule has 34 heavy (non-hydrogen) atoms. The minimum atomic E-state index is -3.98. The first-order chi connectivity index (χ1) is 16.3. The van der Waals surface area contributed by atoms with Gasteiger partial charge in [0.15, 0.2) is 0 Å². The molecule has 2 aromatic carbocycles. The van der Waals surface area contributed by atoms with E-state index in [2.05, 4.69) is 9.62 Å². The lowest BCUT2D eigenvalue weighted by Gasteiger charge is -2.32. The molecule has 0 radical (unpaired) electrons. The number of rotatable bonds is 6. The van der Waals surface area contributed by atoms with Crippen LogP contribution < -0.4 is 19.3 Å². The molecule has 0 saturated carbocycles. The van der Waals surface area contributed by atoms with Crippen LogP contribution in [-0.2, 0) is 10.0 Å². The lowest BCUT2D eigenvalue weighted by atomic mass is 9.98. The molecule has 1 aromatic heterocycles. The first kappa shape index (κ1) is 22.4. The number of anilines is 3. The monoisotopic (exact) mass is 482 g/mol. The van der Waals surface area contributed by atoms with E-state index in [0.29, 0.717) is 46.7 Å². The van der Waals surface area contributed by atoms with Crippen LogP contribution in [0.1, 0.15) is 23.2 Å². The molecular formula is C24H26N4O5S. The van der Waals surface area contributed by atoms with Crippen LogP contribution in [-0.4, -0.2) is 58.3 Å². The van der Waals surface area contributed by atoms with E-state index in [4.69, 9.17) is 9.72 Å². The van der Waals surface area contributed by atoms with Crippen molar-refractivity contribution in [3.05, 3.63) is 48.0 Å². The zero-order valence-corrected chi connectivity index (χ0v) is 19.8. The molecule has 0 atom stereocenters. The van der Waals surface area contributed by atoms with Crippen LogP contribution in [0.2, 0.25) is 0 Å². The zero-order valence-electron chi connectivity index (χ0n) is 19.0. The highest BCUT2D eigenvalue weighted by atomic mass is 32.2. The van der Waals surface area contributed by atoms with E-state index < -0.39 is 10.0 Å². The number of benzene rings is 2. The number of pyridine rings is 1. The minimum Gasteiger partial charge on any atom is -0.495 e. The molecule has 1 amide bonds. The molecule has 1 saturated heterocycles. The summed E-state index contributed by atoms with van der Waals surface area (Å²) in [7, 11) is -0.867. The fourth-order valence-electron chi connectivity index (χ4n) is 4.68. The molecule has 0 unspecified atom stereocenters. The third kappa shape index (κ3) is 3.63. The number of carbonyl (C=O) groups is 1. The normalized spacial score (nSPS) is 16.4. The Morgan fingerprint density at radius 2 is 1.91 bits per heavy atom.